The minimum absolute atomic E-state index is 0.371. The average Bonchev–Trinajstić information content (AvgIpc) is 2.66. The molecular weight excluding hydrogens is 398 g/mol. The summed E-state index contributed by atoms with van der Waals surface area (Å²) in [6.07, 6.45) is 5.52. The van der Waals surface area contributed by atoms with Crippen LogP contribution in [0.25, 0.3) is 0 Å². The van der Waals surface area contributed by atoms with Crippen molar-refractivity contribution in [1.82, 2.24) is 14.9 Å². The number of hydrogen-bond acceptors (Lipinski definition) is 7. The predicted octanol–water partition coefficient (Wildman–Crippen LogP) is 3.44. The normalized spacial score (nSPS) is 14.8. The van der Waals surface area contributed by atoms with Crippen molar-refractivity contribution in [2.45, 2.75) is 19.3 Å². The van der Waals surface area contributed by atoms with Gasteiger partial charge in [-0.05, 0) is 54.0 Å². The monoisotopic (exact) mass is 421 g/mol. The van der Waals surface area contributed by atoms with E-state index >= 15 is 0 Å². The zero-order valence-corrected chi connectivity index (χ0v) is 16.5. The van der Waals surface area contributed by atoms with Crippen LogP contribution in [0.3, 0.4) is 0 Å². The molecule has 0 spiro atoms. The zero-order chi connectivity index (χ0) is 18.4. The summed E-state index contributed by atoms with van der Waals surface area (Å²) < 4.78 is 12.0. The SMILES string of the molecule is COc1ccc(OCCN2CCCCC2)cc1Nc1ncc(Br)c(N)n1. The lowest BCUT2D eigenvalue weighted by molar-refractivity contribution is 0.183. The number of piperidine rings is 1. The van der Waals surface area contributed by atoms with Crippen molar-refractivity contribution in [1.29, 1.82) is 0 Å². The Bertz CT molecular complexity index is 738. The van der Waals surface area contributed by atoms with E-state index in [4.69, 9.17) is 15.2 Å². The molecule has 3 N–H and O–H groups in total. The summed E-state index contributed by atoms with van der Waals surface area (Å²) in [6, 6.07) is 5.65. The minimum Gasteiger partial charge on any atom is -0.495 e. The molecule has 0 saturated carbocycles. The van der Waals surface area contributed by atoms with Crippen molar-refractivity contribution in [3.8, 4) is 11.5 Å². The predicted molar refractivity (Wildman–Crippen MR) is 106 cm³/mol. The standard InChI is InChI=1S/C18H24BrN5O2/c1-25-16-6-5-13(26-10-9-24-7-3-2-4-8-24)11-15(16)22-18-21-12-14(19)17(20)23-18/h5-6,11-12H,2-4,7-10H2,1H3,(H3,20,21,22,23). The molecule has 1 saturated heterocycles. The molecule has 7 nitrogen and oxygen atoms in total. The molecule has 0 aliphatic carbocycles. The van der Waals surface area contributed by atoms with E-state index in [2.05, 4.69) is 36.1 Å². The lowest BCUT2D eigenvalue weighted by atomic mass is 10.1. The molecule has 1 aromatic heterocycles. The number of nitrogens with one attached hydrogen (secondary N) is 1. The minimum atomic E-state index is 0.371. The van der Waals surface area contributed by atoms with E-state index < -0.39 is 0 Å². The maximum Gasteiger partial charge on any atom is 0.229 e. The van der Waals surface area contributed by atoms with Crippen molar-refractivity contribution in [2.75, 3.05) is 44.4 Å². The van der Waals surface area contributed by atoms with Crippen molar-refractivity contribution < 1.29 is 9.47 Å². The molecule has 8 heteroatoms. The zero-order valence-electron chi connectivity index (χ0n) is 14.9. The highest BCUT2D eigenvalue weighted by Gasteiger charge is 2.11. The lowest BCUT2D eigenvalue weighted by Gasteiger charge is -2.26. The Hall–Kier alpha value is -2.06. The number of nitrogens with zero attached hydrogens (tertiary/aromatic N) is 3. The molecule has 0 amide bonds. The first-order valence-corrected chi connectivity index (χ1v) is 9.53. The van der Waals surface area contributed by atoms with Crippen LogP contribution in [0.5, 0.6) is 11.5 Å². The molecule has 0 atom stereocenters. The Morgan fingerprint density at radius 3 is 2.81 bits per heavy atom. The number of anilines is 3. The van der Waals surface area contributed by atoms with E-state index in [1.165, 1.54) is 32.4 Å². The van der Waals surface area contributed by atoms with Crippen LogP contribution in [0.2, 0.25) is 0 Å². The first-order valence-electron chi connectivity index (χ1n) is 8.74. The second-order valence-electron chi connectivity index (χ2n) is 6.16. The second-order valence-corrected chi connectivity index (χ2v) is 7.02. The number of aromatic nitrogens is 2. The molecule has 0 unspecified atom stereocenters. The largest absolute Gasteiger partial charge is 0.495 e. The fourth-order valence-corrected chi connectivity index (χ4v) is 3.10. The molecule has 1 aliphatic rings. The molecule has 2 heterocycles. The third-order valence-corrected chi connectivity index (χ3v) is 4.92. The van der Waals surface area contributed by atoms with E-state index in [0.717, 1.165) is 18.0 Å². The van der Waals surface area contributed by atoms with Gasteiger partial charge in [-0.3, -0.25) is 4.90 Å². The maximum atomic E-state index is 5.92. The maximum absolute atomic E-state index is 5.92. The van der Waals surface area contributed by atoms with Crippen LogP contribution in [-0.2, 0) is 0 Å². The van der Waals surface area contributed by atoms with Crippen molar-refractivity contribution in [3.63, 3.8) is 0 Å². The fraction of sp³-hybridized carbons (Fsp3) is 0.444. The third kappa shape index (κ3) is 4.98. The molecule has 26 heavy (non-hydrogen) atoms. The Labute approximate surface area is 162 Å². The first kappa shape index (κ1) is 18.7. The Morgan fingerprint density at radius 1 is 1.27 bits per heavy atom. The second kappa shape index (κ2) is 9.05. The number of likely N-dealkylation sites (tertiary alicyclic amines) is 1. The van der Waals surface area contributed by atoms with Crippen LogP contribution in [-0.4, -0.2) is 48.2 Å². The van der Waals surface area contributed by atoms with Gasteiger partial charge in [-0.1, -0.05) is 6.42 Å². The summed E-state index contributed by atoms with van der Waals surface area (Å²) in [5.74, 6) is 2.22. The summed E-state index contributed by atoms with van der Waals surface area (Å²) in [4.78, 5) is 10.9. The Kier molecular flexibility index (Phi) is 6.51. The molecule has 0 radical (unpaired) electrons. The van der Waals surface area contributed by atoms with E-state index in [1.54, 1.807) is 13.3 Å². The molecule has 2 aromatic rings. The van der Waals surface area contributed by atoms with Crippen molar-refractivity contribution in [2.24, 2.45) is 0 Å². The van der Waals surface area contributed by atoms with Gasteiger partial charge in [0.2, 0.25) is 5.95 Å². The summed E-state index contributed by atoms with van der Waals surface area (Å²) in [7, 11) is 1.62. The molecule has 1 aliphatic heterocycles. The smallest absolute Gasteiger partial charge is 0.229 e. The number of nitrogen functional groups attached to an aromatic ring is 1. The number of methoxy groups -OCH3 is 1. The van der Waals surface area contributed by atoms with Crippen LogP contribution in [0.15, 0.2) is 28.9 Å². The van der Waals surface area contributed by atoms with Gasteiger partial charge in [-0.25, -0.2) is 4.98 Å². The number of benzene rings is 1. The van der Waals surface area contributed by atoms with Crippen LogP contribution >= 0.6 is 15.9 Å². The highest BCUT2D eigenvalue weighted by Crippen LogP contribution is 2.31. The van der Waals surface area contributed by atoms with Crippen LogP contribution in [0.1, 0.15) is 19.3 Å². The number of hydrogen-bond donors (Lipinski definition) is 2. The Balaban J connectivity index is 1.64. The van der Waals surface area contributed by atoms with E-state index in [0.29, 0.717) is 28.6 Å². The van der Waals surface area contributed by atoms with Crippen molar-refractivity contribution >= 4 is 33.4 Å². The molecule has 0 bridgehead atoms. The van der Waals surface area contributed by atoms with Crippen LogP contribution < -0.4 is 20.5 Å². The fourth-order valence-electron chi connectivity index (χ4n) is 2.91. The summed E-state index contributed by atoms with van der Waals surface area (Å²) >= 11 is 3.29. The van der Waals surface area contributed by atoms with Crippen LogP contribution in [0, 0.1) is 0 Å². The van der Waals surface area contributed by atoms with Gasteiger partial charge in [0.05, 0.1) is 17.3 Å². The van der Waals surface area contributed by atoms with Gasteiger partial charge in [-0.2, -0.15) is 4.98 Å². The molecule has 1 aromatic carbocycles. The summed E-state index contributed by atoms with van der Waals surface area (Å²) in [6.45, 7) is 3.94. The lowest BCUT2D eigenvalue weighted by Crippen LogP contribution is -2.33. The number of rotatable bonds is 7. The highest BCUT2D eigenvalue weighted by atomic mass is 79.9. The Morgan fingerprint density at radius 2 is 2.08 bits per heavy atom. The topological polar surface area (TPSA) is 85.5 Å². The van der Waals surface area contributed by atoms with E-state index in [1.807, 2.05) is 18.2 Å². The van der Waals surface area contributed by atoms with Gasteiger partial charge < -0.3 is 20.5 Å². The average molecular weight is 422 g/mol. The summed E-state index contributed by atoms with van der Waals surface area (Å²) in [5, 5.41) is 3.13. The van der Waals surface area contributed by atoms with Crippen LogP contribution in [0.4, 0.5) is 17.5 Å². The first-order chi connectivity index (χ1) is 12.7. The summed E-state index contributed by atoms with van der Waals surface area (Å²) in [5.41, 5.74) is 6.54. The number of nitrogens with two attached hydrogens (primary N) is 1. The molecule has 3 rings (SSSR count). The van der Waals surface area contributed by atoms with E-state index in [9.17, 15) is 0 Å². The van der Waals surface area contributed by atoms with Gasteiger partial charge in [0.1, 0.15) is 23.9 Å². The van der Waals surface area contributed by atoms with Gasteiger partial charge in [0, 0.05) is 18.8 Å². The number of ether oxygens (including phenoxy) is 2. The molecular formula is C18H24BrN5O2. The van der Waals surface area contributed by atoms with Gasteiger partial charge in [0.15, 0.2) is 0 Å². The third-order valence-electron chi connectivity index (χ3n) is 4.31. The molecule has 140 valence electrons. The van der Waals surface area contributed by atoms with E-state index in [-0.39, 0.29) is 0 Å². The highest BCUT2D eigenvalue weighted by molar-refractivity contribution is 9.10. The quantitative estimate of drug-likeness (QED) is 0.707. The van der Waals surface area contributed by atoms with Crippen molar-refractivity contribution in [3.05, 3.63) is 28.9 Å². The van der Waals surface area contributed by atoms with Gasteiger partial charge in [0.25, 0.3) is 0 Å². The van der Waals surface area contributed by atoms with Gasteiger partial charge in [-0.15, -0.1) is 0 Å². The number of halogens is 1. The van der Waals surface area contributed by atoms with Gasteiger partial charge >= 0.3 is 0 Å². The molecule has 1 fully saturated rings.